The molecule has 21 heavy (non-hydrogen) atoms. The number of aromatic nitrogens is 2. The van der Waals surface area contributed by atoms with E-state index in [2.05, 4.69) is 21.8 Å². The molecule has 5 heteroatoms. The van der Waals surface area contributed by atoms with Gasteiger partial charge in [0.2, 0.25) is 0 Å². The Morgan fingerprint density at radius 2 is 2.24 bits per heavy atom. The van der Waals surface area contributed by atoms with Gasteiger partial charge in [0.25, 0.3) is 5.91 Å². The molecule has 0 fully saturated rings. The van der Waals surface area contributed by atoms with Crippen molar-refractivity contribution in [3.8, 4) is 11.8 Å². The molecule has 0 aliphatic rings. The molecule has 0 saturated heterocycles. The smallest absolute Gasteiger partial charge is 0.255 e. The van der Waals surface area contributed by atoms with Gasteiger partial charge in [0.15, 0.2) is 0 Å². The number of pyridine rings is 2. The third-order valence-corrected chi connectivity index (χ3v) is 2.77. The molecule has 0 atom stereocenters. The first-order chi connectivity index (χ1) is 10.2. The largest absolute Gasteiger partial charge is 0.384 e. The zero-order valence-electron chi connectivity index (χ0n) is 11.7. The van der Waals surface area contributed by atoms with Crippen molar-refractivity contribution in [3.63, 3.8) is 0 Å². The Hall–Kier alpha value is -2.71. The van der Waals surface area contributed by atoms with E-state index in [1.807, 2.05) is 18.2 Å². The van der Waals surface area contributed by atoms with Crippen molar-refractivity contribution >= 4 is 5.91 Å². The van der Waals surface area contributed by atoms with Crippen LogP contribution in [0.3, 0.4) is 0 Å². The van der Waals surface area contributed by atoms with Crippen molar-refractivity contribution in [2.45, 2.75) is 6.54 Å². The van der Waals surface area contributed by atoms with Gasteiger partial charge >= 0.3 is 0 Å². The number of aliphatic hydroxyl groups is 1. The minimum atomic E-state index is -0.224. The normalized spacial score (nSPS) is 9.62. The summed E-state index contributed by atoms with van der Waals surface area (Å²) in [6.07, 6.45) is 4.75. The average Bonchev–Trinajstić information content (AvgIpc) is 2.53. The summed E-state index contributed by atoms with van der Waals surface area (Å²) in [7, 11) is 1.71. The topological polar surface area (TPSA) is 66.3 Å². The second kappa shape index (κ2) is 7.17. The second-order valence-corrected chi connectivity index (χ2v) is 4.40. The average molecular weight is 281 g/mol. The summed E-state index contributed by atoms with van der Waals surface area (Å²) in [5.41, 5.74) is 1.87. The molecule has 2 rings (SSSR count). The van der Waals surface area contributed by atoms with E-state index in [9.17, 15) is 4.79 Å². The van der Waals surface area contributed by atoms with Crippen LogP contribution in [-0.2, 0) is 6.54 Å². The number of amides is 1. The molecule has 1 amide bonds. The van der Waals surface area contributed by atoms with Crippen LogP contribution in [0.2, 0.25) is 0 Å². The highest BCUT2D eigenvalue weighted by Crippen LogP contribution is 2.07. The molecular weight excluding hydrogens is 266 g/mol. The lowest BCUT2D eigenvalue weighted by atomic mass is 10.2. The van der Waals surface area contributed by atoms with E-state index in [1.54, 1.807) is 30.4 Å². The minimum Gasteiger partial charge on any atom is -0.384 e. The molecule has 2 aromatic heterocycles. The lowest BCUT2D eigenvalue weighted by molar-refractivity contribution is 0.0783. The van der Waals surface area contributed by atoms with Crippen LogP contribution in [0.5, 0.6) is 0 Å². The number of rotatable bonds is 3. The van der Waals surface area contributed by atoms with Crippen molar-refractivity contribution in [1.82, 2.24) is 14.9 Å². The highest BCUT2D eigenvalue weighted by atomic mass is 16.2. The summed E-state index contributed by atoms with van der Waals surface area (Å²) in [6, 6.07) is 7.24. The highest BCUT2D eigenvalue weighted by Gasteiger charge is 2.13. The highest BCUT2D eigenvalue weighted by molar-refractivity contribution is 5.94. The Balaban J connectivity index is 2.12. The van der Waals surface area contributed by atoms with Crippen LogP contribution in [0.1, 0.15) is 21.6 Å². The minimum absolute atomic E-state index is 0.152. The summed E-state index contributed by atoms with van der Waals surface area (Å²) in [6.45, 7) is 0.198. The molecule has 5 nitrogen and oxygen atoms in total. The molecule has 2 aromatic rings. The zero-order valence-corrected chi connectivity index (χ0v) is 11.7. The SMILES string of the molecule is CN(Cc1ccccn1)C(=O)c1cncc(C#CCO)c1. The van der Waals surface area contributed by atoms with Crippen LogP contribution in [-0.4, -0.2) is 39.5 Å². The van der Waals surface area contributed by atoms with Crippen molar-refractivity contribution < 1.29 is 9.90 Å². The summed E-state index contributed by atoms with van der Waals surface area (Å²) in [5.74, 6) is 5.11. The first-order valence-corrected chi connectivity index (χ1v) is 6.41. The molecule has 106 valence electrons. The molecule has 0 aliphatic carbocycles. The predicted octanol–water partition coefficient (Wildman–Crippen LogP) is 1.09. The van der Waals surface area contributed by atoms with Crippen LogP contribution in [0.4, 0.5) is 0 Å². The molecule has 0 spiro atoms. The summed E-state index contributed by atoms with van der Waals surface area (Å²) < 4.78 is 0. The van der Waals surface area contributed by atoms with Crippen molar-refractivity contribution in [2.75, 3.05) is 13.7 Å². The molecule has 0 radical (unpaired) electrons. The number of hydrogen-bond acceptors (Lipinski definition) is 4. The fourth-order valence-electron chi connectivity index (χ4n) is 1.79. The molecule has 1 N–H and O–H groups in total. The molecule has 0 saturated carbocycles. The van der Waals surface area contributed by atoms with Crippen LogP contribution < -0.4 is 0 Å². The maximum atomic E-state index is 12.3. The van der Waals surface area contributed by atoms with E-state index >= 15 is 0 Å². The second-order valence-electron chi connectivity index (χ2n) is 4.40. The summed E-state index contributed by atoms with van der Waals surface area (Å²) >= 11 is 0. The van der Waals surface area contributed by atoms with Gasteiger partial charge in [-0.15, -0.1) is 0 Å². The first kappa shape index (κ1) is 14.7. The number of carbonyl (C=O) groups is 1. The van der Waals surface area contributed by atoms with Crippen molar-refractivity contribution in [2.24, 2.45) is 0 Å². The standard InChI is InChI=1S/C16H15N3O2/c1-19(12-15-6-2-3-7-18-15)16(21)14-9-13(5-4-8-20)10-17-11-14/h2-3,6-7,9-11,20H,8,12H2,1H3. The maximum Gasteiger partial charge on any atom is 0.255 e. The van der Waals surface area contributed by atoms with Gasteiger partial charge in [-0.05, 0) is 18.2 Å². The van der Waals surface area contributed by atoms with Crippen LogP contribution >= 0.6 is 0 Å². The van der Waals surface area contributed by atoms with E-state index < -0.39 is 0 Å². The van der Waals surface area contributed by atoms with Crippen LogP contribution in [0, 0.1) is 11.8 Å². The third kappa shape index (κ3) is 4.13. The molecule has 0 unspecified atom stereocenters. The predicted molar refractivity (Wildman–Crippen MR) is 78.2 cm³/mol. The van der Waals surface area contributed by atoms with Gasteiger partial charge in [-0.25, -0.2) is 0 Å². The Morgan fingerprint density at radius 3 is 2.95 bits per heavy atom. The summed E-state index contributed by atoms with van der Waals surface area (Å²) in [4.78, 5) is 22.1. The van der Waals surface area contributed by atoms with Gasteiger partial charge < -0.3 is 10.0 Å². The van der Waals surface area contributed by atoms with E-state index in [-0.39, 0.29) is 12.5 Å². The van der Waals surface area contributed by atoms with Gasteiger partial charge in [-0.1, -0.05) is 17.9 Å². The van der Waals surface area contributed by atoms with Crippen LogP contribution in [0.15, 0.2) is 42.9 Å². The number of carbonyl (C=O) groups excluding carboxylic acids is 1. The lowest BCUT2D eigenvalue weighted by Crippen LogP contribution is -2.26. The Kier molecular flexibility index (Phi) is 5.02. The van der Waals surface area contributed by atoms with Gasteiger partial charge in [0.1, 0.15) is 6.61 Å². The summed E-state index contributed by atoms with van der Waals surface area (Å²) in [5, 5.41) is 8.68. The molecule has 0 aromatic carbocycles. The van der Waals surface area contributed by atoms with Gasteiger partial charge in [-0.3, -0.25) is 14.8 Å². The van der Waals surface area contributed by atoms with Gasteiger partial charge in [0, 0.05) is 31.2 Å². The monoisotopic (exact) mass is 281 g/mol. The van der Waals surface area contributed by atoms with E-state index in [4.69, 9.17) is 5.11 Å². The third-order valence-electron chi connectivity index (χ3n) is 2.77. The molecule has 2 heterocycles. The maximum absolute atomic E-state index is 12.3. The van der Waals surface area contributed by atoms with Crippen molar-refractivity contribution in [3.05, 3.63) is 59.7 Å². The van der Waals surface area contributed by atoms with Gasteiger partial charge in [-0.2, -0.15) is 0 Å². The number of hydrogen-bond donors (Lipinski definition) is 1. The van der Waals surface area contributed by atoms with E-state index in [0.717, 1.165) is 5.69 Å². The number of nitrogens with zero attached hydrogens (tertiary/aromatic N) is 3. The van der Waals surface area contributed by atoms with Gasteiger partial charge in [0.05, 0.1) is 17.8 Å². The Morgan fingerprint density at radius 1 is 1.38 bits per heavy atom. The molecule has 0 aliphatic heterocycles. The Labute approximate surface area is 123 Å². The molecular formula is C16H15N3O2. The Bertz CT molecular complexity index is 675. The van der Waals surface area contributed by atoms with E-state index in [1.165, 1.54) is 6.20 Å². The fourth-order valence-corrected chi connectivity index (χ4v) is 1.79. The molecule has 0 bridgehead atoms. The first-order valence-electron chi connectivity index (χ1n) is 6.41. The number of aliphatic hydroxyl groups excluding tert-OH is 1. The lowest BCUT2D eigenvalue weighted by Gasteiger charge is -2.16. The fraction of sp³-hybridized carbons (Fsp3) is 0.188. The van der Waals surface area contributed by atoms with Crippen LogP contribution in [0.25, 0.3) is 0 Å². The van der Waals surface area contributed by atoms with Crippen molar-refractivity contribution in [1.29, 1.82) is 0 Å². The zero-order chi connectivity index (χ0) is 15.1. The van der Waals surface area contributed by atoms with E-state index in [0.29, 0.717) is 17.7 Å². The quantitative estimate of drug-likeness (QED) is 0.855.